The maximum Gasteiger partial charge on any atom is 0.159 e. The SMILES string of the molecule is C/C1=C\C=N/C2NC(=C2Cl)N1COCC[Si](C)(C)C. The average Bonchev–Trinajstić information content (AvgIpc) is 2.30. The van der Waals surface area contributed by atoms with Gasteiger partial charge in [0.15, 0.2) is 6.17 Å². The van der Waals surface area contributed by atoms with E-state index in [1.807, 2.05) is 13.0 Å². The van der Waals surface area contributed by atoms with Gasteiger partial charge in [-0.1, -0.05) is 31.2 Å². The minimum atomic E-state index is -1.03. The minimum Gasteiger partial charge on any atom is -0.361 e. The summed E-state index contributed by atoms with van der Waals surface area (Å²) >= 11 is 6.23. The van der Waals surface area contributed by atoms with Gasteiger partial charge in [-0.15, -0.1) is 0 Å². The fourth-order valence-electron chi connectivity index (χ4n) is 1.83. The van der Waals surface area contributed by atoms with E-state index in [4.69, 9.17) is 16.3 Å². The first-order chi connectivity index (χ1) is 8.88. The topological polar surface area (TPSA) is 36.9 Å². The third-order valence-corrected chi connectivity index (χ3v) is 5.29. The Labute approximate surface area is 121 Å². The summed E-state index contributed by atoms with van der Waals surface area (Å²) in [6, 6.07) is 1.17. The van der Waals surface area contributed by atoms with Crippen LogP contribution in [0.3, 0.4) is 0 Å². The van der Waals surface area contributed by atoms with Crippen molar-refractivity contribution in [1.82, 2.24) is 10.2 Å². The van der Waals surface area contributed by atoms with Crippen molar-refractivity contribution in [1.29, 1.82) is 0 Å². The Morgan fingerprint density at radius 2 is 2.21 bits per heavy atom. The molecule has 0 saturated carbocycles. The normalized spacial score (nSPS) is 26.9. The summed E-state index contributed by atoms with van der Waals surface area (Å²) in [7, 11) is -1.03. The number of nitrogens with zero attached hydrogens (tertiary/aromatic N) is 2. The van der Waals surface area contributed by atoms with Crippen molar-refractivity contribution in [2.75, 3.05) is 13.3 Å². The van der Waals surface area contributed by atoms with Crippen LogP contribution >= 0.6 is 11.6 Å². The lowest BCUT2D eigenvalue weighted by Crippen LogP contribution is -2.48. The van der Waals surface area contributed by atoms with Crippen LogP contribution in [0.5, 0.6) is 0 Å². The number of allylic oxidation sites excluding steroid dienone is 2. The van der Waals surface area contributed by atoms with Crippen LogP contribution in [0.4, 0.5) is 0 Å². The van der Waals surface area contributed by atoms with E-state index in [0.29, 0.717) is 6.73 Å². The molecule has 1 atom stereocenters. The molecule has 0 amide bonds. The molecule has 0 radical (unpaired) electrons. The molecule has 0 aromatic rings. The van der Waals surface area contributed by atoms with Gasteiger partial charge in [0.25, 0.3) is 0 Å². The van der Waals surface area contributed by atoms with Crippen LogP contribution in [0.2, 0.25) is 25.7 Å². The van der Waals surface area contributed by atoms with Crippen LogP contribution in [-0.2, 0) is 4.74 Å². The van der Waals surface area contributed by atoms with Crippen LogP contribution in [0, 0.1) is 0 Å². The van der Waals surface area contributed by atoms with Crippen molar-refractivity contribution in [2.24, 2.45) is 4.99 Å². The van der Waals surface area contributed by atoms with Crippen LogP contribution in [0.1, 0.15) is 6.92 Å². The van der Waals surface area contributed by atoms with Crippen LogP contribution in [-0.4, -0.2) is 38.7 Å². The first kappa shape index (κ1) is 14.6. The molecule has 4 nitrogen and oxygen atoms in total. The lowest BCUT2D eigenvalue weighted by atomic mass is 10.2. The lowest BCUT2D eigenvalue weighted by Gasteiger charge is -2.39. The molecule has 0 aromatic carbocycles. The van der Waals surface area contributed by atoms with Gasteiger partial charge in [0.1, 0.15) is 17.6 Å². The van der Waals surface area contributed by atoms with Gasteiger partial charge in [-0.25, -0.2) is 0 Å². The van der Waals surface area contributed by atoms with Gasteiger partial charge in [-0.3, -0.25) is 4.99 Å². The van der Waals surface area contributed by atoms with Gasteiger partial charge in [0.05, 0.1) is 0 Å². The molecular formula is C13H22ClN3OSi. The second-order valence-electron chi connectivity index (χ2n) is 6.13. The summed E-state index contributed by atoms with van der Waals surface area (Å²) < 4.78 is 5.80. The number of halogens is 1. The van der Waals surface area contributed by atoms with E-state index in [0.717, 1.165) is 23.2 Å². The maximum absolute atomic E-state index is 6.23. The largest absolute Gasteiger partial charge is 0.361 e. The number of rotatable bonds is 5. The zero-order valence-corrected chi connectivity index (χ0v) is 13.8. The fraction of sp³-hybridized carbons (Fsp3) is 0.615. The molecule has 1 N–H and O–H groups in total. The first-order valence-electron chi connectivity index (χ1n) is 6.60. The Balaban J connectivity index is 1.93. The standard InChI is InChI=1S/C13H22ClN3OSi/c1-10-5-6-15-12-11(14)13(16-12)17(10)9-18-7-8-19(2,3)4/h5-6,12,16H,7-9H2,1-4H3/b10-5+,15-6-. The maximum atomic E-state index is 6.23. The molecular weight excluding hydrogens is 278 g/mol. The summed E-state index contributed by atoms with van der Waals surface area (Å²) in [4.78, 5) is 6.34. The highest BCUT2D eigenvalue weighted by molar-refractivity contribution is 6.76. The number of aliphatic imine (C=N–C) groups is 1. The van der Waals surface area contributed by atoms with Gasteiger partial charge >= 0.3 is 0 Å². The predicted octanol–water partition coefficient (Wildman–Crippen LogP) is 2.93. The van der Waals surface area contributed by atoms with E-state index in [1.165, 1.54) is 6.04 Å². The predicted molar refractivity (Wildman–Crippen MR) is 82.9 cm³/mol. The van der Waals surface area contributed by atoms with E-state index in [1.54, 1.807) is 6.21 Å². The molecule has 6 heteroatoms. The number of fused-ring (bicyclic) bond motifs is 2. The van der Waals surface area contributed by atoms with Crippen LogP contribution in [0.15, 0.2) is 27.6 Å². The van der Waals surface area contributed by atoms with E-state index < -0.39 is 8.07 Å². The molecule has 0 saturated heterocycles. The van der Waals surface area contributed by atoms with E-state index in [-0.39, 0.29) is 6.17 Å². The molecule has 3 aliphatic heterocycles. The van der Waals surface area contributed by atoms with E-state index in [2.05, 4.69) is 34.9 Å². The molecule has 2 bridgehead atoms. The van der Waals surface area contributed by atoms with Crippen molar-refractivity contribution in [2.45, 2.75) is 38.8 Å². The second kappa shape index (κ2) is 5.69. The van der Waals surface area contributed by atoms with Crippen molar-refractivity contribution >= 4 is 25.9 Å². The minimum absolute atomic E-state index is 0.0782. The third kappa shape index (κ3) is 3.61. The van der Waals surface area contributed by atoms with Gasteiger partial charge in [-0.05, 0) is 19.0 Å². The van der Waals surface area contributed by atoms with Crippen molar-refractivity contribution in [3.8, 4) is 0 Å². The number of hydrogen-bond acceptors (Lipinski definition) is 4. The zero-order chi connectivity index (χ0) is 14.0. The molecule has 0 aromatic heterocycles. The summed E-state index contributed by atoms with van der Waals surface area (Å²) in [5, 5.41) is 3.99. The Hall–Kier alpha value is -0.783. The van der Waals surface area contributed by atoms with Gasteiger partial charge < -0.3 is 15.0 Å². The molecule has 0 aliphatic carbocycles. The molecule has 0 fully saturated rings. The Morgan fingerprint density at radius 3 is 2.84 bits per heavy atom. The molecule has 106 valence electrons. The van der Waals surface area contributed by atoms with Gasteiger partial charge in [0, 0.05) is 26.6 Å². The van der Waals surface area contributed by atoms with Crippen molar-refractivity contribution < 1.29 is 4.74 Å². The molecule has 3 aliphatic rings. The Bertz CT molecular complexity index is 440. The molecule has 1 unspecified atom stereocenters. The fourth-order valence-corrected chi connectivity index (χ4v) is 2.85. The summed E-state index contributed by atoms with van der Waals surface area (Å²) in [5.74, 6) is 0.922. The summed E-state index contributed by atoms with van der Waals surface area (Å²) in [5.41, 5.74) is 1.08. The van der Waals surface area contributed by atoms with Crippen LogP contribution in [0.25, 0.3) is 0 Å². The lowest BCUT2D eigenvalue weighted by molar-refractivity contribution is 0.0638. The average molecular weight is 300 g/mol. The Kier molecular flexibility index (Phi) is 4.38. The highest BCUT2D eigenvalue weighted by Gasteiger charge is 2.32. The second-order valence-corrected chi connectivity index (χ2v) is 12.2. The monoisotopic (exact) mass is 299 g/mol. The van der Waals surface area contributed by atoms with E-state index in [9.17, 15) is 0 Å². The van der Waals surface area contributed by atoms with Crippen LogP contribution < -0.4 is 5.32 Å². The number of hydrogen-bond donors (Lipinski definition) is 1. The molecule has 19 heavy (non-hydrogen) atoms. The van der Waals surface area contributed by atoms with Gasteiger partial charge in [-0.2, -0.15) is 0 Å². The quantitative estimate of drug-likeness (QED) is 0.626. The van der Waals surface area contributed by atoms with Crippen molar-refractivity contribution in [3.05, 3.63) is 22.6 Å². The molecule has 3 heterocycles. The smallest absolute Gasteiger partial charge is 0.159 e. The van der Waals surface area contributed by atoms with Crippen molar-refractivity contribution in [3.63, 3.8) is 0 Å². The highest BCUT2D eigenvalue weighted by Crippen LogP contribution is 2.30. The Morgan fingerprint density at radius 1 is 1.47 bits per heavy atom. The highest BCUT2D eigenvalue weighted by atomic mass is 35.5. The van der Waals surface area contributed by atoms with E-state index >= 15 is 0 Å². The first-order valence-corrected chi connectivity index (χ1v) is 10.7. The summed E-state index contributed by atoms with van der Waals surface area (Å²) in [6.45, 7) is 10.4. The zero-order valence-electron chi connectivity index (χ0n) is 12.0. The summed E-state index contributed by atoms with van der Waals surface area (Å²) in [6.07, 6.45) is 3.70. The molecule has 0 spiro atoms. The molecule has 3 rings (SSSR count). The van der Waals surface area contributed by atoms with Gasteiger partial charge in [0.2, 0.25) is 0 Å². The third-order valence-electron chi connectivity index (χ3n) is 3.20. The number of nitrogens with one attached hydrogen (secondary N) is 1. The number of ether oxygens (including phenoxy) is 1.